The number of pyridine rings is 1. The highest BCUT2D eigenvalue weighted by Crippen LogP contribution is 2.10. The average molecular weight is 311 g/mol. The molecule has 0 aliphatic rings. The fraction of sp³-hybridized carbons (Fsp3) is 0.353. The second-order valence-electron chi connectivity index (χ2n) is 5.87. The van der Waals surface area contributed by atoms with Crippen LogP contribution in [0.1, 0.15) is 31.1 Å². The molecule has 0 saturated heterocycles. The van der Waals surface area contributed by atoms with Gasteiger partial charge in [0.15, 0.2) is 0 Å². The van der Waals surface area contributed by atoms with Gasteiger partial charge in [-0.05, 0) is 38.5 Å². The molecule has 3 aromatic heterocycles. The van der Waals surface area contributed by atoms with Gasteiger partial charge in [-0.15, -0.1) is 0 Å². The maximum Gasteiger partial charge on any atom is 0.258 e. The van der Waals surface area contributed by atoms with E-state index in [9.17, 15) is 4.79 Å². The van der Waals surface area contributed by atoms with Crippen LogP contribution in [0.25, 0.3) is 5.65 Å². The van der Waals surface area contributed by atoms with Crippen molar-refractivity contribution in [2.24, 2.45) is 0 Å². The Morgan fingerprint density at radius 3 is 2.83 bits per heavy atom. The molecule has 0 aromatic carbocycles. The van der Waals surface area contributed by atoms with Crippen molar-refractivity contribution >= 4 is 5.65 Å². The van der Waals surface area contributed by atoms with E-state index in [2.05, 4.69) is 29.2 Å². The van der Waals surface area contributed by atoms with Crippen LogP contribution >= 0.6 is 0 Å². The number of aryl methyl sites for hydroxylation is 1. The largest absolute Gasteiger partial charge is 0.307 e. The van der Waals surface area contributed by atoms with E-state index < -0.39 is 0 Å². The maximum atomic E-state index is 12.2. The zero-order valence-electron chi connectivity index (χ0n) is 13.6. The molecule has 0 spiro atoms. The lowest BCUT2D eigenvalue weighted by molar-refractivity contribution is 0.363. The second-order valence-corrected chi connectivity index (χ2v) is 5.87. The minimum atomic E-state index is -0.0525. The van der Waals surface area contributed by atoms with Gasteiger partial charge in [0.25, 0.3) is 5.56 Å². The van der Waals surface area contributed by atoms with Crippen LogP contribution in [0.15, 0.2) is 47.7 Å². The molecule has 0 bridgehead atoms. The number of nitrogens with one attached hydrogen (secondary N) is 1. The molecule has 3 aromatic rings. The fourth-order valence-electron chi connectivity index (χ4n) is 2.59. The molecular weight excluding hydrogens is 290 g/mol. The molecule has 120 valence electrons. The summed E-state index contributed by atoms with van der Waals surface area (Å²) < 4.78 is 3.50. The van der Waals surface area contributed by atoms with Crippen molar-refractivity contribution in [2.45, 2.75) is 39.4 Å². The fourth-order valence-corrected chi connectivity index (χ4v) is 2.59. The van der Waals surface area contributed by atoms with Gasteiger partial charge in [-0.1, -0.05) is 6.07 Å². The lowest BCUT2D eigenvalue weighted by Crippen LogP contribution is -2.34. The van der Waals surface area contributed by atoms with Crippen LogP contribution in [0, 0.1) is 6.92 Å². The van der Waals surface area contributed by atoms with Crippen molar-refractivity contribution in [3.05, 3.63) is 64.5 Å². The zero-order chi connectivity index (χ0) is 16.4. The Labute approximate surface area is 134 Å². The number of hydrogen-bond acceptors (Lipinski definition) is 4. The van der Waals surface area contributed by atoms with Gasteiger partial charge >= 0.3 is 0 Å². The quantitative estimate of drug-likeness (QED) is 0.782. The highest BCUT2D eigenvalue weighted by Gasteiger charge is 2.14. The van der Waals surface area contributed by atoms with Crippen LogP contribution in [0.3, 0.4) is 0 Å². The van der Waals surface area contributed by atoms with Crippen molar-refractivity contribution < 1.29 is 0 Å². The first-order valence-electron chi connectivity index (χ1n) is 7.76. The maximum absolute atomic E-state index is 12.2. The summed E-state index contributed by atoms with van der Waals surface area (Å²) in [4.78, 5) is 16.8. The van der Waals surface area contributed by atoms with Crippen molar-refractivity contribution in [3.63, 3.8) is 0 Å². The van der Waals surface area contributed by atoms with Gasteiger partial charge in [0.1, 0.15) is 5.65 Å². The molecular formula is C17H21N5O. The van der Waals surface area contributed by atoms with Crippen molar-refractivity contribution in [1.82, 2.24) is 24.5 Å². The number of fused-ring (bicyclic) bond motifs is 1. The zero-order valence-corrected chi connectivity index (χ0v) is 13.6. The van der Waals surface area contributed by atoms with E-state index in [0.29, 0.717) is 12.2 Å². The molecule has 0 amide bonds. The number of rotatable bonds is 5. The summed E-state index contributed by atoms with van der Waals surface area (Å²) in [6.45, 7) is 6.72. The van der Waals surface area contributed by atoms with Crippen LogP contribution in [0.5, 0.6) is 0 Å². The molecule has 0 aliphatic heterocycles. The van der Waals surface area contributed by atoms with Crippen LogP contribution in [-0.4, -0.2) is 25.2 Å². The highest BCUT2D eigenvalue weighted by molar-refractivity contribution is 5.46. The molecule has 1 N–H and O–H groups in total. The van der Waals surface area contributed by atoms with Crippen LogP contribution in [0.2, 0.25) is 0 Å². The summed E-state index contributed by atoms with van der Waals surface area (Å²) in [7, 11) is 0. The van der Waals surface area contributed by atoms with Crippen molar-refractivity contribution in [2.75, 3.05) is 0 Å². The smallest absolute Gasteiger partial charge is 0.258 e. The predicted molar refractivity (Wildman–Crippen MR) is 89.4 cm³/mol. The summed E-state index contributed by atoms with van der Waals surface area (Å²) >= 11 is 0. The Balaban J connectivity index is 1.77. The van der Waals surface area contributed by atoms with E-state index in [0.717, 1.165) is 11.3 Å². The van der Waals surface area contributed by atoms with Crippen molar-refractivity contribution in [3.8, 4) is 0 Å². The van der Waals surface area contributed by atoms with E-state index in [-0.39, 0.29) is 17.6 Å². The van der Waals surface area contributed by atoms with E-state index in [1.54, 1.807) is 22.9 Å². The van der Waals surface area contributed by atoms with Crippen LogP contribution < -0.4 is 10.9 Å². The van der Waals surface area contributed by atoms with Gasteiger partial charge in [0.05, 0.1) is 11.7 Å². The Morgan fingerprint density at radius 1 is 1.26 bits per heavy atom. The first kappa shape index (κ1) is 15.4. The van der Waals surface area contributed by atoms with Gasteiger partial charge in [-0.3, -0.25) is 13.9 Å². The van der Waals surface area contributed by atoms with E-state index in [1.807, 2.05) is 36.0 Å². The lowest BCUT2D eigenvalue weighted by atomic mass is 10.1. The van der Waals surface area contributed by atoms with E-state index >= 15 is 0 Å². The highest BCUT2D eigenvalue weighted by atomic mass is 16.1. The predicted octanol–water partition coefficient (Wildman–Crippen LogP) is 1.94. The average Bonchev–Trinajstić information content (AvgIpc) is 3.07. The molecule has 23 heavy (non-hydrogen) atoms. The number of nitrogens with zero attached hydrogens (tertiary/aromatic N) is 4. The molecule has 3 heterocycles. The SMILES string of the molecule is Cc1cccn2c(=O)cc(CNC(C)C(C)n3cccn3)nc12. The third kappa shape index (κ3) is 3.17. The van der Waals surface area contributed by atoms with Gasteiger partial charge in [-0.25, -0.2) is 4.98 Å². The molecule has 6 nitrogen and oxygen atoms in total. The van der Waals surface area contributed by atoms with Crippen molar-refractivity contribution in [1.29, 1.82) is 0 Å². The second kappa shape index (κ2) is 6.34. The third-order valence-electron chi connectivity index (χ3n) is 4.21. The Morgan fingerprint density at radius 2 is 2.09 bits per heavy atom. The number of aromatic nitrogens is 4. The Kier molecular flexibility index (Phi) is 4.25. The molecule has 6 heteroatoms. The molecule has 3 rings (SSSR count). The first-order chi connectivity index (χ1) is 11.1. The summed E-state index contributed by atoms with van der Waals surface area (Å²) in [5.74, 6) is 0. The summed E-state index contributed by atoms with van der Waals surface area (Å²) in [6.07, 6.45) is 5.47. The van der Waals surface area contributed by atoms with Gasteiger partial charge in [0.2, 0.25) is 0 Å². The summed E-state index contributed by atoms with van der Waals surface area (Å²) in [5.41, 5.74) is 2.40. The Bertz CT molecular complexity index is 853. The number of hydrogen-bond donors (Lipinski definition) is 1. The minimum absolute atomic E-state index is 0.0525. The Hall–Kier alpha value is -2.47. The molecule has 0 saturated carbocycles. The van der Waals surface area contributed by atoms with Crippen LogP contribution in [0.4, 0.5) is 0 Å². The van der Waals surface area contributed by atoms with E-state index in [1.165, 1.54) is 0 Å². The monoisotopic (exact) mass is 311 g/mol. The minimum Gasteiger partial charge on any atom is -0.307 e. The summed E-state index contributed by atoms with van der Waals surface area (Å²) in [5, 5.41) is 7.69. The standard InChI is InChI=1S/C17H21N5O/c1-12-6-4-8-21-16(23)10-15(20-17(12)21)11-18-13(2)14(3)22-9-5-7-19-22/h4-10,13-14,18H,11H2,1-3H3. The molecule has 0 aliphatic carbocycles. The van der Waals surface area contributed by atoms with Gasteiger partial charge in [-0.2, -0.15) is 5.10 Å². The first-order valence-corrected chi connectivity index (χ1v) is 7.76. The summed E-state index contributed by atoms with van der Waals surface area (Å²) in [6, 6.07) is 7.74. The molecule has 0 fully saturated rings. The molecule has 0 radical (unpaired) electrons. The van der Waals surface area contributed by atoms with Crippen LogP contribution in [-0.2, 0) is 6.54 Å². The van der Waals surface area contributed by atoms with Gasteiger partial charge in [0, 0.05) is 37.2 Å². The third-order valence-corrected chi connectivity index (χ3v) is 4.21. The van der Waals surface area contributed by atoms with Gasteiger partial charge < -0.3 is 5.32 Å². The molecule has 2 unspecified atom stereocenters. The van der Waals surface area contributed by atoms with E-state index in [4.69, 9.17) is 0 Å². The normalized spacial score (nSPS) is 14.0. The topological polar surface area (TPSA) is 64.2 Å². The lowest BCUT2D eigenvalue weighted by Gasteiger charge is -2.21. The molecule has 2 atom stereocenters.